The van der Waals surface area contributed by atoms with Crippen LogP contribution < -0.4 is 0 Å². The zero-order chi connectivity index (χ0) is 27.0. The number of ketones is 1. The molecule has 6 aliphatic rings. The van der Waals surface area contributed by atoms with Gasteiger partial charge in [0.05, 0.1) is 25.6 Å². The van der Waals surface area contributed by atoms with Gasteiger partial charge in [0.15, 0.2) is 5.79 Å². The van der Waals surface area contributed by atoms with Crippen molar-refractivity contribution in [3.05, 3.63) is 0 Å². The van der Waals surface area contributed by atoms with Crippen LogP contribution in [0.4, 0.5) is 0 Å². The van der Waals surface area contributed by atoms with Crippen molar-refractivity contribution in [2.24, 2.45) is 52.3 Å². The molecule has 0 aromatic carbocycles. The van der Waals surface area contributed by atoms with Gasteiger partial charge in [-0.3, -0.25) is 14.4 Å². The van der Waals surface area contributed by atoms with Crippen LogP contribution in [0, 0.1) is 52.3 Å². The van der Waals surface area contributed by atoms with Crippen molar-refractivity contribution in [3.8, 4) is 0 Å². The van der Waals surface area contributed by atoms with Gasteiger partial charge in [0.1, 0.15) is 11.9 Å². The summed E-state index contributed by atoms with van der Waals surface area (Å²) in [6, 6.07) is 0. The maximum absolute atomic E-state index is 14.2. The lowest BCUT2D eigenvalue weighted by Crippen LogP contribution is -2.58. The fourth-order valence-corrected chi connectivity index (χ4v) is 10.5. The number of ether oxygens (including phenoxy) is 3. The van der Waals surface area contributed by atoms with Crippen LogP contribution in [0.5, 0.6) is 0 Å². The SMILES string of the molecule is CC1CC[C@@]2(OC1)OC1CC3C4CC[C@H]5CC(OC(=O)CCC(=O)O)CC[C@]5(C)C4CC(=O)[C@]3(C)C1[C@@H]2C. The molecule has 7 heteroatoms. The highest BCUT2D eigenvalue weighted by Gasteiger charge is 2.71. The fourth-order valence-electron chi connectivity index (χ4n) is 10.5. The minimum atomic E-state index is -0.975. The number of carbonyl (C=O) groups excluding carboxylic acids is 2. The minimum Gasteiger partial charge on any atom is -0.481 e. The maximum atomic E-state index is 14.2. The van der Waals surface area contributed by atoms with Gasteiger partial charge in [-0.25, -0.2) is 0 Å². The molecule has 0 aromatic heterocycles. The van der Waals surface area contributed by atoms with Crippen molar-refractivity contribution in [2.75, 3.05) is 6.61 Å². The Morgan fingerprint density at radius 2 is 1.82 bits per heavy atom. The second kappa shape index (κ2) is 9.29. The van der Waals surface area contributed by atoms with Gasteiger partial charge in [0.25, 0.3) is 0 Å². The highest BCUT2D eigenvalue weighted by Crippen LogP contribution is 2.70. The van der Waals surface area contributed by atoms with Gasteiger partial charge < -0.3 is 19.3 Å². The summed E-state index contributed by atoms with van der Waals surface area (Å²) in [4.78, 5) is 37.2. The molecule has 2 heterocycles. The Bertz CT molecular complexity index is 985. The second-order valence-corrected chi connectivity index (χ2v) is 14.3. The predicted octanol–water partition coefficient (Wildman–Crippen LogP) is 5.39. The van der Waals surface area contributed by atoms with E-state index >= 15 is 0 Å². The fraction of sp³-hybridized carbons (Fsp3) is 0.903. The lowest BCUT2D eigenvalue weighted by molar-refractivity contribution is -0.272. The first-order valence-electron chi connectivity index (χ1n) is 15.2. The molecule has 7 nitrogen and oxygen atoms in total. The molecule has 0 radical (unpaired) electrons. The normalized spacial score (nSPS) is 51.6. The topological polar surface area (TPSA) is 99.1 Å². The molecule has 1 spiro atoms. The van der Waals surface area contributed by atoms with E-state index in [0.717, 1.165) is 58.0 Å². The third-order valence-electron chi connectivity index (χ3n) is 12.6. The van der Waals surface area contributed by atoms with Crippen molar-refractivity contribution >= 4 is 17.7 Å². The van der Waals surface area contributed by atoms with Crippen molar-refractivity contribution in [2.45, 2.75) is 116 Å². The summed E-state index contributed by atoms with van der Waals surface area (Å²) in [6.07, 6.45) is 8.25. The number of aliphatic carboxylic acids is 1. The van der Waals surface area contributed by atoms with E-state index in [4.69, 9.17) is 19.3 Å². The highest BCUT2D eigenvalue weighted by atomic mass is 16.7. The first-order valence-corrected chi connectivity index (χ1v) is 15.2. The van der Waals surface area contributed by atoms with Crippen molar-refractivity contribution in [1.82, 2.24) is 0 Å². The van der Waals surface area contributed by atoms with Crippen LogP contribution in [0.1, 0.15) is 98.3 Å². The number of rotatable bonds is 4. The van der Waals surface area contributed by atoms with Gasteiger partial charge >= 0.3 is 11.9 Å². The van der Waals surface area contributed by atoms with Crippen LogP contribution >= 0.6 is 0 Å². The van der Waals surface area contributed by atoms with E-state index in [0.29, 0.717) is 41.8 Å². The van der Waals surface area contributed by atoms with E-state index in [1.807, 2.05) is 0 Å². The molecule has 12 atom stereocenters. The van der Waals surface area contributed by atoms with Gasteiger partial charge in [-0.15, -0.1) is 0 Å². The number of carboxylic acid groups (broad SMARTS) is 1. The van der Waals surface area contributed by atoms with Gasteiger partial charge in [-0.2, -0.15) is 0 Å². The zero-order valence-electron chi connectivity index (χ0n) is 23.6. The van der Waals surface area contributed by atoms with Crippen molar-refractivity contribution in [3.63, 3.8) is 0 Å². The van der Waals surface area contributed by atoms with Crippen LogP contribution in [-0.2, 0) is 28.6 Å². The van der Waals surface area contributed by atoms with Gasteiger partial charge in [0.2, 0.25) is 0 Å². The average molecular weight is 531 g/mol. The van der Waals surface area contributed by atoms with Crippen LogP contribution in [0.15, 0.2) is 0 Å². The number of Topliss-reactive ketones (excluding diaryl/α,β-unsaturated/α-hetero) is 1. The monoisotopic (exact) mass is 530 g/mol. The van der Waals surface area contributed by atoms with E-state index in [9.17, 15) is 14.4 Å². The van der Waals surface area contributed by atoms with E-state index in [2.05, 4.69) is 27.7 Å². The van der Waals surface area contributed by atoms with Gasteiger partial charge in [-0.05, 0) is 80.0 Å². The molecule has 0 bridgehead atoms. The zero-order valence-corrected chi connectivity index (χ0v) is 23.6. The smallest absolute Gasteiger partial charge is 0.306 e. The summed E-state index contributed by atoms with van der Waals surface area (Å²) in [5, 5.41) is 8.86. The van der Waals surface area contributed by atoms with Crippen LogP contribution in [0.25, 0.3) is 0 Å². The Labute approximate surface area is 226 Å². The molecular weight excluding hydrogens is 484 g/mol. The number of fused-ring (bicyclic) bond motifs is 7. The van der Waals surface area contributed by atoms with Crippen LogP contribution in [0.3, 0.4) is 0 Å². The maximum Gasteiger partial charge on any atom is 0.306 e. The second-order valence-electron chi connectivity index (χ2n) is 14.3. The number of hydrogen-bond acceptors (Lipinski definition) is 6. The third kappa shape index (κ3) is 3.92. The van der Waals surface area contributed by atoms with E-state index in [1.165, 1.54) is 0 Å². The molecule has 6 fully saturated rings. The number of carboxylic acids is 1. The van der Waals surface area contributed by atoms with E-state index < -0.39 is 17.7 Å². The molecule has 0 aromatic rings. The molecule has 4 saturated carbocycles. The molecule has 6 rings (SSSR count). The highest BCUT2D eigenvalue weighted by molar-refractivity contribution is 5.87. The average Bonchev–Trinajstić information content (AvgIpc) is 3.32. The van der Waals surface area contributed by atoms with Gasteiger partial charge in [0, 0.05) is 30.1 Å². The molecular formula is C31H46O7. The summed E-state index contributed by atoms with van der Waals surface area (Å²) >= 11 is 0. The molecule has 7 unspecified atom stereocenters. The first kappa shape index (κ1) is 26.7. The molecule has 2 saturated heterocycles. The molecule has 4 aliphatic carbocycles. The Morgan fingerprint density at radius 1 is 1.03 bits per heavy atom. The number of hydrogen-bond donors (Lipinski definition) is 1. The summed E-state index contributed by atoms with van der Waals surface area (Å²) in [7, 11) is 0. The first-order chi connectivity index (χ1) is 18.0. The quantitative estimate of drug-likeness (QED) is 0.487. The predicted molar refractivity (Wildman–Crippen MR) is 139 cm³/mol. The van der Waals surface area contributed by atoms with E-state index in [-0.39, 0.29) is 47.7 Å². The number of carbonyl (C=O) groups is 3. The lowest BCUT2D eigenvalue weighted by Gasteiger charge is -2.60. The Kier molecular flexibility index (Phi) is 6.54. The summed E-state index contributed by atoms with van der Waals surface area (Å²) in [5.41, 5.74) is -0.251. The van der Waals surface area contributed by atoms with Crippen LogP contribution in [-0.4, -0.2) is 47.4 Å². The van der Waals surface area contributed by atoms with Gasteiger partial charge in [-0.1, -0.05) is 27.7 Å². The molecule has 2 aliphatic heterocycles. The number of esters is 1. The standard InChI is InChI=1S/C31H46O7/c1-17-9-12-31(36-16-17)18(2)28-24(38-31)14-23-21-6-5-19-13-20(37-27(35)8-7-26(33)34)10-11-29(19,3)22(21)15-25(32)30(23,28)4/h17-24,28H,5-16H2,1-4H3,(H,33,34)/t17?,18-,19-,20?,21?,22?,23?,24?,28?,29-,30+,31+/m0/s1. The Hall–Kier alpha value is -1.47. The largest absolute Gasteiger partial charge is 0.481 e. The Morgan fingerprint density at radius 3 is 2.53 bits per heavy atom. The molecule has 0 amide bonds. The summed E-state index contributed by atoms with van der Waals surface area (Å²) in [5.74, 6) is 1.32. The van der Waals surface area contributed by atoms with E-state index in [1.54, 1.807) is 0 Å². The third-order valence-corrected chi connectivity index (χ3v) is 12.6. The summed E-state index contributed by atoms with van der Waals surface area (Å²) < 4.78 is 18.9. The summed E-state index contributed by atoms with van der Waals surface area (Å²) in [6.45, 7) is 9.94. The molecule has 1 N–H and O–H groups in total. The lowest BCUT2D eigenvalue weighted by atomic mass is 9.44. The Balaban J connectivity index is 1.17. The van der Waals surface area contributed by atoms with Crippen molar-refractivity contribution in [1.29, 1.82) is 0 Å². The van der Waals surface area contributed by atoms with Crippen molar-refractivity contribution < 1.29 is 33.7 Å². The molecule has 38 heavy (non-hydrogen) atoms. The molecule has 212 valence electrons. The van der Waals surface area contributed by atoms with Crippen LogP contribution in [0.2, 0.25) is 0 Å². The minimum absolute atomic E-state index is 0.0680.